The second kappa shape index (κ2) is 5.33. The van der Waals surface area contributed by atoms with Gasteiger partial charge in [0.1, 0.15) is 0 Å². The molecule has 0 amide bonds. The SMILES string of the molecule is CN(CC(C)(C)O)c1ccc(CN)c(Br)c1F. The van der Waals surface area contributed by atoms with Gasteiger partial charge in [0.05, 0.1) is 15.8 Å². The molecule has 0 saturated carbocycles. The maximum atomic E-state index is 14.0. The monoisotopic (exact) mass is 304 g/mol. The molecule has 0 unspecified atom stereocenters. The van der Waals surface area contributed by atoms with Gasteiger partial charge in [-0.3, -0.25) is 0 Å². The fourth-order valence-electron chi connectivity index (χ4n) is 1.70. The Labute approximate surface area is 110 Å². The number of likely N-dealkylation sites (N-methyl/N-ethyl adjacent to an activating group) is 1. The van der Waals surface area contributed by atoms with Gasteiger partial charge in [-0.15, -0.1) is 0 Å². The molecule has 3 N–H and O–H groups in total. The van der Waals surface area contributed by atoms with Gasteiger partial charge in [-0.25, -0.2) is 4.39 Å². The lowest BCUT2D eigenvalue weighted by Gasteiger charge is -2.28. The molecule has 0 atom stereocenters. The maximum absolute atomic E-state index is 14.0. The highest BCUT2D eigenvalue weighted by molar-refractivity contribution is 9.10. The highest BCUT2D eigenvalue weighted by Gasteiger charge is 2.19. The van der Waals surface area contributed by atoms with E-state index in [1.807, 2.05) is 0 Å². The third-order valence-electron chi connectivity index (χ3n) is 2.40. The minimum Gasteiger partial charge on any atom is -0.389 e. The number of hydrogen-bond acceptors (Lipinski definition) is 3. The number of anilines is 1. The summed E-state index contributed by atoms with van der Waals surface area (Å²) in [6, 6.07) is 3.46. The number of benzene rings is 1. The number of nitrogens with two attached hydrogens (primary N) is 1. The summed E-state index contributed by atoms with van der Waals surface area (Å²) in [7, 11) is 1.74. The van der Waals surface area contributed by atoms with E-state index in [2.05, 4.69) is 15.9 Å². The van der Waals surface area contributed by atoms with E-state index >= 15 is 0 Å². The van der Waals surface area contributed by atoms with Gasteiger partial charge in [-0.1, -0.05) is 6.07 Å². The van der Waals surface area contributed by atoms with E-state index in [1.165, 1.54) is 0 Å². The fraction of sp³-hybridized carbons (Fsp3) is 0.500. The van der Waals surface area contributed by atoms with Crippen LogP contribution in [0.15, 0.2) is 16.6 Å². The number of rotatable bonds is 4. The molecule has 0 saturated heterocycles. The molecule has 1 aromatic carbocycles. The van der Waals surface area contributed by atoms with Crippen LogP contribution >= 0.6 is 15.9 Å². The molecule has 0 aliphatic carbocycles. The molecule has 0 heterocycles. The molecule has 1 aromatic rings. The van der Waals surface area contributed by atoms with Crippen molar-refractivity contribution < 1.29 is 9.50 Å². The van der Waals surface area contributed by atoms with Crippen molar-refractivity contribution in [2.45, 2.75) is 26.0 Å². The predicted octanol–water partition coefficient (Wildman–Crippen LogP) is 2.25. The summed E-state index contributed by atoms with van der Waals surface area (Å²) in [4.78, 5) is 1.68. The van der Waals surface area contributed by atoms with Crippen molar-refractivity contribution in [1.29, 1.82) is 0 Å². The highest BCUT2D eigenvalue weighted by Crippen LogP contribution is 2.29. The molecule has 0 bridgehead atoms. The summed E-state index contributed by atoms with van der Waals surface area (Å²) in [6.45, 7) is 4.00. The standard InChI is InChI=1S/C12H18BrFN2O/c1-12(2,17)7-16(3)9-5-4-8(6-15)10(13)11(9)14/h4-5,17H,6-7,15H2,1-3H3. The Kier molecular flexibility index (Phi) is 4.52. The summed E-state index contributed by atoms with van der Waals surface area (Å²) in [5, 5.41) is 9.71. The van der Waals surface area contributed by atoms with Gasteiger partial charge in [0.25, 0.3) is 0 Å². The molecule has 3 nitrogen and oxygen atoms in total. The van der Waals surface area contributed by atoms with Crippen molar-refractivity contribution in [3.8, 4) is 0 Å². The van der Waals surface area contributed by atoms with Crippen molar-refractivity contribution in [2.75, 3.05) is 18.5 Å². The molecule has 0 spiro atoms. The molecule has 17 heavy (non-hydrogen) atoms. The Balaban J connectivity index is 3.03. The van der Waals surface area contributed by atoms with E-state index in [9.17, 15) is 9.50 Å². The first kappa shape index (κ1) is 14.4. The second-order valence-electron chi connectivity index (χ2n) is 4.74. The van der Waals surface area contributed by atoms with E-state index < -0.39 is 5.60 Å². The highest BCUT2D eigenvalue weighted by atomic mass is 79.9. The zero-order chi connectivity index (χ0) is 13.2. The first-order chi connectivity index (χ1) is 7.76. The molecule has 0 aliphatic rings. The minimum absolute atomic E-state index is 0.285. The zero-order valence-electron chi connectivity index (χ0n) is 10.3. The Morgan fingerprint density at radius 2 is 2.06 bits per heavy atom. The summed E-state index contributed by atoms with van der Waals surface area (Å²) >= 11 is 3.19. The number of halogens is 2. The minimum atomic E-state index is -0.875. The van der Waals surface area contributed by atoms with Crippen LogP contribution in [0.1, 0.15) is 19.4 Å². The Bertz CT molecular complexity index is 404. The summed E-state index contributed by atoms with van der Waals surface area (Å²) in [5.41, 5.74) is 5.79. The first-order valence-corrected chi connectivity index (χ1v) is 6.16. The average molecular weight is 305 g/mol. The Morgan fingerprint density at radius 3 is 2.53 bits per heavy atom. The summed E-state index contributed by atoms with van der Waals surface area (Å²) in [6.07, 6.45) is 0. The average Bonchev–Trinajstić information content (AvgIpc) is 2.19. The molecular weight excluding hydrogens is 287 g/mol. The van der Waals surface area contributed by atoms with Gasteiger partial charge in [0.2, 0.25) is 0 Å². The number of hydrogen-bond donors (Lipinski definition) is 2. The van der Waals surface area contributed by atoms with Crippen molar-refractivity contribution >= 4 is 21.6 Å². The van der Waals surface area contributed by atoms with Crippen LogP contribution in [0, 0.1) is 5.82 Å². The summed E-state index contributed by atoms with van der Waals surface area (Å²) < 4.78 is 14.4. The van der Waals surface area contributed by atoms with Crippen molar-refractivity contribution in [2.24, 2.45) is 5.73 Å². The third kappa shape index (κ3) is 3.66. The van der Waals surface area contributed by atoms with Gasteiger partial charge in [-0.05, 0) is 41.4 Å². The van der Waals surface area contributed by atoms with Crippen LogP contribution < -0.4 is 10.6 Å². The molecule has 1 rings (SSSR count). The number of nitrogens with zero attached hydrogens (tertiary/aromatic N) is 1. The van der Waals surface area contributed by atoms with Crippen LogP contribution in [-0.4, -0.2) is 24.3 Å². The van der Waals surface area contributed by atoms with E-state index in [-0.39, 0.29) is 12.4 Å². The molecule has 0 radical (unpaired) electrons. The molecule has 5 heteroatoms. The maximum Gasteiger partial charge on any atom is 0.160 e. The van der Waals surface area contributed by atoms with E-state index in [1.54, 1.807) is 37.9 Å². The van der Waals surface area contributed by atoms with Crippen molar-refractivity contribution in [1.82, 2.24) is 0 Å². The van der Waals surface area contributed by atoms with E-state index in [0.717, 1.165) is 5.56 Å². The van der Waals surface area contributed by atoms with Crippen molar-refractivity contribution in [3.63, 3.8) is 0 Å². The molecule has 0 fully saturated rings. The van der Waals surface area contributed by atoms with Crippen LogP contribution in [0.3, 0.4) is 0 Å². The Hall–Kier alpha value is -0.650. The van der Waals surface area contributed by atoms with Gasteiger partial charge in [0, 0.05) is 20.1 Å². The first-order valence-electron chi connectivity index (χ1n) is 5.36. The van der Waals surface area contributed by atoms with Gasteiger partial charge < -0.3 is 15.7 Å². The van der Waals surface area contributed by atoms with Gasteiger partial charge >= 0.3 is 0 Å². The smallest absolute Gasteiger partial charge is 0.160 e. The van der Waals surface area contributed by atoms with Crippen LogP contribution in [0.5, 0.6) is 0 Å². The number of aliphatic hydroxyl groups is 1. The Morgan fingerprint density at radius 1 is 1.47 bits per heavy atom. The van der Waals surface area contributed by atoms with Gasteiger partial charge in [0.15, 0.2) is 5.82 Å². The normalized spacial score (nSPS) is 11.7. The summed E-state index contributed by atoms with van der Waals surface area (Å²) in [5.74, 6) is -0.347. The topological polar surface area (TPSA) is 49.5 Å². The van der Waals surface area contributed by atoms with Crippen molar-refractivity contribution in [3.05, 3.63) is 28.0 Å². The quantitative estimate of drug-likeness (QED) is 0.897. The molecular formula is C12H18BrFN2O. The van der Waals surface area contributed by atoms with Crippen LogP contribution in [0.4, 0.5) is 10.1 Å². The van der Waals surface area contributed by atoms with Crippen LogP contribution in [0.25, 0.3) is 0 Å². The van der Waals surface area contributed by atoms with Crippen LogP contribution in [0.2, 0.25) is 0 Å². The molecule has 96 valence electrons. The lowest BCUT2D eigenvalue weighted by atomic mass is 10.1. The second-order valence-corrected chi connectivity index (χ2v) is 5.54. The predicted molar refractivity (Wildman–Crippen MR) is 71.6 cm³/mol. The van der Waals surface area contributed by atoms with Crippen LogP contribution in [-0.2, 0) is 6.54 Å². The zero-order valence-corrected chi connectivity index (χ0v) is 11.9. The lowest BCUT2D eigenvalue weighted by molar-refractivity contribution is 0.0885. The fourth-order valence-corrected chi connectivity index (χ4v) is 2.19. The van der Waals surface area contributed by atoms with E-state index in [4.69, 9.17) is 5.73 Å². The van der Waals surface area contributed by atoms with E-state index in [0.29, 0.717) is 16.7 Å². The molecule has 0 aromatic heterocycles. The third-order valence-corrected chi connectivity index (χ3v) is 3.25. The lowest BCUT2D eigenvalue weighted by Crippen LogP contribution is -2.36. The largest absolute Gasteiger partial charge is 0.389 e. The van der Waals surface area contributed by atoms with Gasteiger partial charge in [-0.2, -0.15) is 0 Å². The molecule has 0 aliphatic heterocycles.